The molecule has 1 amide bonds. The molecule has 0 bridgehead atoms. The Morgan fingerprint density at radius 2 is 1.79 bits per heavy atom. The number of anilines is 1. The molecule has 0 unspecified atom stereocenters. The molecule has 1 fully saturated rings. The van der Waals surface area contributed by atoms with Crippen molar-refractivity contribution >= 4 is 55.0 Å². The first kappa shape index (κ1) is 23.6. The van der Waals surface area contributed by atoms with Crippen molar-refractivity contribution in [3.63, 3.8) is 0 Å². The van der Waals surface area contributed by atoms with Gasteiger partial charge in [0.05, 0.1) is 27.0 Å². The highest BCUT2D eigenvalue weighted by Crippen LogP contribution is 2.35. The maximum absolute atomic E-state index is 13.4. The van der Waals surface area contributed by atoms with Gasteiger partial charge in [-0.1, -0.05) is 38.4 Å². The van der Waals surface area contributed by atoms with E-state index in [9.17, 15) is 18.0 Å². The highest BCUT2D eigenvalue weighted by atomic mass is 35.5. The van der Waals surface area contributed by atoms with Gasteiger partial charge < -0.3 is 9.47 Å². The van der Waals surface area contributed by atoms with Crippen molar-refractivity contribution in [3.8, 4) is 0 Å². The molecule has 1 aromatic heterocycles. The molecular weight excluding hydrogens is 462 g/mol. The van der Waals surface area contributed by atoms with E-state index in [1.54, 1.807) is 27.7 Å². The average Bonchev–Trinajstić information content (AvgIpc) is 3.55. The van der Waals surface area contributed by atoms with E-state index in [0.29, 0.717) is 45.4 Å². The minimum absolute atomic E-state index is 0.164. The molecule has 33 heavy (non-hydrogen) atoms. The maximum atomic E-state index is 13.4. The van der Waals surface area contributed by atoms with Gasteiger partial charge in [0.1, 0.15) is 6.54 Å². The number of pyridine rings is 1. The van der Waals surface area contributed by atoms with Gasteiger partial charge in [-0.3, -0.25) is 14.3 Å². The Morgan fingerprint density at radius 1 is 1.15 bits per heavy atom. The van der Waals surface area contributed by atoms with Gasteiger partial charge >= 0.3 is 0 Å². The van der Waals surface area contributed by atoms with Crippen LogP contribution in [0.5, 0.6) is 0 Å². The van der Waals surface area contributed by atoms with E-state index in [1.807, 2.05) is 26.2 Å². The molecule has 7 nitrogen and oxygen atoms in total. The number of hydrogen-bond donors (Lipinski definition) is 1. The van der Waals surface area contributed by atoms with Gasteiger partial charge in [0.15, 0.2) is 5.43 Å². The quantitative estimate of drug-likeness (QED) is 0.551. The predicted octanol–water partition coefficient (Wildman–Crippen LogP) is 3.78. The van der Waals surface area contributed by atoms with Crippen LogP contribution in [-0.2, 0) is 26.8 Å². The SMILES string of the molecule is CN(C)c1c(Cl)ccc2c(=O)c3ccc(C(C)(C)C)cc3n(CC(=O)NS(=O)(=O)C3CC3)c12. The third-order valence-electron chi connectivity index (χ3n) is 5.98. The number of benzene rings is 2. The number of nitrogens with one attached hydrogen (secondary N) is 1. The van der Waals surface area contributed by atoms with Crippen molar-refractivity contribution < 1.29 is 13.2 Å². The number of fused-ring (bicyclic) bond motifs is 2. The van der Waals surface area contributed by atoms with E-state index in [2.05, 4.69) is 25.5 Å². The molecule has 0 atom stereocenters. The number of amides is 1. The third kappa shape index (κ3) is 4.34. The Bertz CT molecular complexity index is 1450. The van der Waals surface area contributed by atoms with Gasteiger partial charge in [0, 0.05) is 24.9 Å². The average molecular weight is 490 g/mol. The van der Waals surface area contributed by atoms with Crippen molar-refractivity contribution in [2.75, 3.05) is 19.0 Å². The molecule has 1 N–H and O–H groups in total. The number of hydrogen-bond acceptors (Lipinski definition) is 5. The normalized spacial score (nSPS) is 14.6. The predicted molar refractivity (Wildman–Crippen MR) is 134 cm³/mol. The van der Waals surface area contributed by atoms with Gasteiger partial charge in [-0.05, 0) is 48.1 Å². The second-order valence-electron chi connectivity index (χ2n) is 9.85. The van der Waals surface area contributed by atoms with Crippen LogP contribution in [-0.4, -0.2) is 38.2 Å². The van der Waals surface area contributed by atoms with Crippen molar-refractivity contribution in [1.82, 2.24) is 9.29 Å². The first-order valence-electron chi connectivity index (χ1n) is 10.8. The lowest BCUT2D eigenvalue weighted by Gasteiger charge is -2.24. The van der Waals surface area contributed by atoms with Gasteiger partial charge in [-0.2, -0.15) is 0 Å². The lowest BCUT2D eigenvalue weighted by atomic mass is 9.86. The maximum Gasteiger partial charge on any atom is 0.253 e. The topological polar surface area (TPSA) is 88.5 Å². The standard InChI is InChI=1S/C24H28ClN3O4S/c1-24(2,3)14-6-9-16-19(12-14)28(13-20(29)26-33(31,32)15-7-8-15)21-17(23(16)30)10-11-18(25)22(21)27(4)5/h6,9-12,15H,7-8,13H2,1-5H3,(H,26,29). The van der Waals surface area contributed by atoms with E-state index in [0.717, 1.165) is 5.56 Å². The van der Waals surface area contributed by atoms with Gasteiger partial charge in [0.25, 0.3) is 5.91 Å². The Labute approximate surface area is 198 Å². The molecule has 9 heteroatoms. The Balaban J connectivity index is 2.03. The monoisotopic (exact) mass is 489 g/mol. The highest BCUT2D eigenvalue weighted by Gasteiger charge is 2.37. The summed E-state index contributed by atoms with van der Waals surface area (Å²) in [7, 11) is -0.0814. The zero-order valence-electron chi connectivity index (χ0n) is 19.4. The summed E-state index contributed by atoms with van der Waals surface area (Å²) in [4.78, 5) is 28.2. The molecule has 0 spiro atoms. The minimum atomic E-state index is -3.70. The highest BCUT2D eigenvalue weighted by molar-refractivity contribution is 7.90. The molecule has 0 aliphatic heterocycles. The fraction of sp³-hybridized carbons (Fsp3) is 0.417. The van der Waals surface area contributed by atoms with E-state index in [4.69, 9.17) is 11.6 Å². The van der Waals surface area contributed by atoms with Crippen LogP contribution in [0.15, 0.2) is 35.1 Å². The van der Waals surface area contributed by atoms with Crippen LogP contribution < -0.4 is 15.1 Å². The first-order chi connectivity index (χ1) is 15.3. The van der Waals surface area contributed by atoms with Crippen LogP contribution >= 0.6 is 11.6 Å². The van der Waals surface area contributed by atoms with E-state index in [1.165, 1.54) is 0 Å². The molecule has 176 valence electrons. The van der Waals surface area contributed by atoms with E-state index >= 15 is 0 Å². The fourth-order valence-electron chi connectivity index (χ4n) is 4.08. The van der Waals surface area contributed by atoms with Crippen molar-refractivity contribution in [3.05, 3.63) is 51.1 Å². The molecular formula is C24H28ClN3O4S. The lowest BCUT2D eigenvalue weighted by molar-refractivity contribution is -0.119. The number of rotatable bonds is 5. The molecule has 0 radical (unpaired) electrons. The smallest absolute Gasteiger partial charge is 0.253 e. The summed E-state index contributed by atoms with van der Waals surface area (Å²) >= 11 is 6.52. The molecule has 1 saturated carbocycles. The Hall–Kier alpha value is -2.58. The van der Waals surface area contributed by atoms with Crippen LogP contribution in [0.3, 0.4) is 0 Å². The third-order valence-corrected chi connectivity index (χ3v) is 8.15. The zero-order chi connectivity index (χ0) is 24.3. The summed E-state index contributed by atoms with van der Waals surface area (Å²) in [6.07, 6.45) is 1.11. The summed E-state index contributed by atoms with van der Waals surface area (Å²) in [5, 5.41) is 0.790. The van der Waals surface area contributed by atoms with Crippen molar-refractivity contribution in [1.29, 1.82) is 0 Å². The molecule has 4 rings (SSSR count). The molecule has 0 saturated heterocycles. The Morgan fingerprint density at radius 3 is 2.36 bits per heavy atom. The molecule has 1 aliphatic carbocycles. The lowest BCUT2D eigenvalue weighted by Crippen LogP contribution is -2.36. The number of sulfonamides is 1. The molecule has 3 aromatic rings. The summed E-state index contributed by atoms with van der Waals surface area (Å²) in [6.45, 7) is 5.92. The minimum Gasteiger partial charge on any atom is -0.375 e. The number of carbonyl (C=O) groups is 1. The van der Waals surface area contributed by atoms with E-state index in [-0.39, 0.29) is 17.4 Å². The van der Waals surface area contributed by atoms with Crippen LogP contribution in [0.4, 0.5) is 5.69 Å². The largest absolute Gasteiger partial charge is 0.375 e. The summed E-state index contributed by atoms with van der Waals surface area (Å²) in [5.74, 6) is -0.654. The fourth-order valence-corrected chi connectivity index (χ4v) is 5.70. The van der Waals surface area contributed by atoms with Crippen LogP contribution in [0.1, 0.15) is 39.2 Å². The summed E-state index contributed by atoms with van der Waals surface area (Å²) < 4.78 is 28.7. The van der Waals surface area contributed by atoms with Crippen molar-refractivity contribution in [2.45, 2.75) is 50.8 Å². The van der Waals surface area contributed by atoms with Gasteiger partial charge in [-0.25, -0.2) is 8.42 Å². The second kappa shape index (κ2) is 8.02. The van der Waals surface area contributed by atoms with Crippen LogP contribution in [0, 0.1) is 0 Å². The van der Waals surface area contributed by atoms with Crippen molar-refractivity contribution in [2.24, 2.45) is 0 Å². The number of nitrogens with zero attached hydrogens (tertiary/aromatic N) is 2. The summed E-state index contributed by atoms with van der Waals surface area (Å²) in [6, 6.07) is 8.91. The number of aromatic nitrogens is 1. The molecule has 2 aromatic carbocycles. The molecule has 1 aliphatic rings. The van der Waals surface area contributed by atoms with E-state index < -0.39 is 21.2 Å². The number of halogens is 1. The van der Waals surface area contributed by atoms with Gasteiger partial charge in [-0.15, -0.1) is 0 Å². The van der Waals surface area contributed by atoms with Gasteiger partial charge in [0.2, 0.25) is 10.0 Å². The number of carbonyl (C=O) groups excluding carboxylic acids is 1. The van der Waals surface area contributed by atoms with Crippen LogP contribution in [0.2, 0.25) is 5.02 Å². The first-order valence-corrected chi connectivity index (χ1v) is 12.7. The zero-order valence-corrected chi connectivity index (χ0v) is 21.0. The Kier molecular flexibility index (Phi) is 5.73. The molecule has 1 heterocycles. The summed E-state index contributed by atoms with van der Waals surface area (Å²) in [5.41, 5.74) is 2.27. The second-order valence-corrected chi connectivity index (χ2v) is 12.2. The van der Waals surface area contributed by atoms with Crippen LogP contribution in [0.25, 0.3) is 21.8 Å².